The number of H-pyrrole nitrogens is 2. The van der Waals surface area contributed by atoms with Crippen molar-refractivity contribution >= 4 is 45.9 Å². The van der Waals surface area contributed by atoms with Crippen molar-refractivity contribution in [3.63, 3.8) is 0 Å². The number of imidazole rings is 2. The van der Waals surface area contributed by atoms with Gasteiger partial charge in [0.05, 0.1) is 58.4 Å². The lowest BCUT2D eigenvalue weighted by Gasteiger charge is -1.99. The molecule has 0 saturated carbocycles. The van der Waals surface area contributed by atoms with E-state index in [-0.39, 0.29) is 0 Å². The third kappa shape index (κ3) is 4.31. The van der Waals surface area contributed by atoms with Crippen LogP contribution in [0.25, 0.3) is 44.8 Å². The molecule has 0 radical (unpaired) electrons. The maximum Gasteiger partial charge on any atom is 0.144 e. The van der Waals surface area contributed by atoms with Gasteiger partial charge in [-0.05, 0) is 60.7 Å². The van der Waals surface area contributed by atoms with Crippen LogP contribution in [-0.2, 0) is 0 Å². The summed E-state index contributed by atoms with van der Waals surface area (Å²) in [5.74, 6) is 3.00. The first-order valence-electron chi connectivity index (χ1n) is 12.0. The van der Waals surface area contributed by atoms with Crippen molar-refractivity contribution in [3.8, 4) is 22.8 Å². The van der Waals surface area contributed by atoms with E-state index in [0.717, 1.165) is 56.2 Å². The van der Waals surface area contributed by atoms with Crippen LogP contribution in [0.4, 0.5) is 11.4 Å². The summed E-state index contributed by atoms with van der Waals surface area (Å²) >= 11 is 0. The van der Waals surface area contributed by atoms with E-state index < -0.39 is 0 Å². The zero-order valence-electron chi connectivity index (χ0n) is 20.0. The maximum atomic E-state index is 5.31. The quantitative estimate of drug-likeness (QED) is 0.233. The number of hydrogen-bond donors (Lipinski definition) is 2. The number of aromatic nitrogens is 4. The van der Waals surface area contributed by atoms with Crippen molar-refractivity contribution in [2.45, 2.75) is 0 Å². The summed E-state index contributed by atoms with van der Waals surface area (Å²) < 4.78 is 10.6. The molecule has 0 unspecified atom stereocenters. The van der Waals surface area contributed by atoms with Gasteiger partial charge in [0.1, 0.15) is 23.2 Å². The van der Waals surface area contributed by atoms with Gasteiger partial charge in [-0.1, -0.05) is 24.3 Å². The fourth-order valence-electron chi connectivity index (χ4n) is 4.22. The van der Waals surface area contributed by atoms with E-state index >= 15 is 0 Å². The van der Waals surface area contributed by atoms with Crippen LogP contribution in [-0.4, -0.2) is 32.4 Å². The number of hydrogen-bond acceptors (Lipinski definition) is 6. The fourth-order valence-corrected chi connectivity index (χ4v) is 4.22. The van der Waals surface area contributed by atoms with E-state index in [1.807, 2.05) is 84.9 Å². The molecule has 4 heterocycles. The first-order chi connectivity index (χ1) is 18.8. The van der Waals surface area contributed by atoms with Crippen LogP contribution < -0.4 is 0 Å². The van der Waals surface area contributed by atoms with Gasteiger partial charge in [-0.15, -0.1) is 0 Å². The Morgan fingerprint density at radius 1 is 0.579 bits per heavy atom. The Hall–Kier alpha value is -5.50. The van der Waals surface area contributed by atoms with Crippen LogP contribution in [0.3, 0.4) is 0 Å². The minimum Gasteiger partial charge on any atom is -0.463 e. The number of nitrogens with one attached hydrogen (secondary N) is 2. The van der Waals surface area contributed by atoms with Crippen molar-refractivity contribution in [3.05, 3.63) is 109 Å². The molecule has 3 aromatic carbocycles. The average Bonchev–Trinajstić information content (AvgIpc) is 3.77. The topological polar surface area (TPSA) is 108 Å². The highest BCUT2D eigenvalue weighted by atomic mass is 16.3. The Labute approximate surface area is 216 Å². The third-order valence-electron chi connectivity index (χ3n) is 6.13. The zero-order chi connectivity index (χ0) is 25.3. The van der Waals surface area contributed by atoms with E-state index in [1.165, 1.54) is 0 Å². The first kappa shape index (κ1) is 21.8. The lowest BCUT2D eigenvalue weighted by molar-refractivity contribution is 0.560. The molecule has 182 valence electrons. The van der Waals surface area contributed by atoms with Crippen LogP contribution in [0.1, 0.15) is 11.5 Å². The molecule has 8 nitrogen and oxygen atoms in total. The predicted octanol–water partition coefficient (Wildman–Crippen LogP) is 7.46. The smallest absolute Gasteiger partial charge is 0.144 e. The summed E-state index contributed by atoms with van der Waals surface area (Å²) in [6, 6.07) is 27.3. The number of nitrogens with zero attached hydrogens (tertiary/aromatic N) is 4. The fraction of sp³-hybridized carbons (Fsp3) is 0. The Morgan fingerprint density at radius 2 is 1.16 bits per heavy atom. The van der Waals surface area contributed by atoms with Crippen molar-refractivity contribution in [1.29, 1.82) is 0 Å². The molecule has 0 atom stereocenters. The van der Waals surface area contributed by atoms with Gasteiger partial charge in [0.25, 0.3) is 0 Å². The lowest BCUT2D eigenvalue weighted by Crippen LogP contribution is -1.83. The Kier molecular flexibility index (Phi) is 5.26. The Bertz CT molecular complexity index is 1770. The summed E-state index contributed by atoms with van der Waals surface area (Å²) in [5, 5.41) is 0. The number of furan rings is 2. The molecule has 7 rings (SSSR count). The first-order valence-corrected chi connectivity index (χ1v) is 12.0. The third-order valence-corrected chi connectivity index (χ3v) is 6.13. The van der Waals surface area contributed by atoms with E-state index in [1.54, 1.807) is 25.0 Å². The van der Waals surface area contributed by atoms with Crippen molar-refractivity contribution in [1.82, 2.24) is 19.9 Å². The average molecular weight is 497 g/mol. The van der Waals surface area contributed by atoms with Crippen LogP contribution in [0.15, 0.2) is 116 Å². The molecule has 0 aliphatic rings. The summed E-state index contributed by atoms with van der Waals surface area (Å²) in [6.45, 7) is 0. The summed E-state index contributed by atoms with van der Waals surface area (Å²) in [4.78, 5) is 25.3. The van der Waals surface area contributed by atoms with Gasteiger partial charge >= 0.3 is 0 Å². The van der Waals surface area contributed by atoms with Crippen LogP contribution in [0, 0.1) is 0 Å². The largest absolute Gasteiger partial charge is 0.463 e. The molecule has 2 N–H and O–H groups in total. The SMILES string of the molecule is C(=Nc1ccc2[nH]c(-c3ccc(-c4nc5ccc(N=Cc6ccco6)cc5[nH]4)cc3)nc2c1)c1ccco1. The molecule has 0 spiro atoms. The molecule has 0 aliphatic heterocycles. The van der Waals surface area contributed by atoms with E-state index in [9.17, 15) is 0 Å². The van der Waals surface area contributed by atoms with Gasteiger partial charge in [-0.25, -0.2) is 9.97 Å². The molecule has 38 heavy (non-hydrogen) atoms. The highest BCUT2D eigenvalue weighted by molar-refractivity contribution is 5.86. The van der Waals surface area contributed by atoms with Crippen LogP contribution >= 0.6 is 0 Å². The van der Waals surface area contributed by atoms with Gasteiger partial charge < -0.3 is 18.8 Å². The normalized spacial score (nSPS) is 12.0. The second-order valence-electron chi connectivity index (χ2n) is 8.70. The van der Waals surface area contributed by atoms with E-state index in [2.05, 4.69) is 20.0 Å². The molecule has 0 amide bonds. The number of benzene rings is 3. The zero-order valence-corrected chi connectivity index (χ0v) is 20.0. The second-order valence-corrected chi connectivity index (χ2v) is 8.70. The minimum absolute atomic E-state index is 0.705. The Balaban J connectivity index is 1.12. The highest BCUT2D eigenvalue weighted by Crippen LogP contribution is 2.28. The van der Waals surface area contributed by atoms with Gasteiger partial charge in [-0.3, -0.25) is 9.98 Å². The minimum atomic E-state index is 0.705. The number of rotatable bonds is 6. The molecule has 0 fully saturated rings. The molecular weight excluding hydrogens is 476 g/mol. The molecule has 0 aliphatic carbocycles. The number of aliphatic imine (C=N–C) groups is 2. The van der Waals surface area contributed by atoms with Gasteiger partial charge in [0, 0.05) is 11.1 Å². The lowest BCUT2D eigenvalue weighted by atomic mass is 10.1. The van der Waals surface area contributed by atoms with Crippen LogP contribution in [0.2, 0.25) is 0 Å². The van der Waals surface area contributed by atoms with Gasteiger partial charge in [0.15, 0.2) is 0 Å². The second kappa shape index (κ2) is 9.18. The molecule has 0 saturated heterocycles. The monoisotopic (exact) mass is 496 g/mol. The van der Waals surface area contributed by atoms with Crippen LogP contribution in [0.5, 0.6) is 0 Å². The van der Waals surface area contributed by atoms with Gasteiger partial charge in [-0.2, -0.15) is 0 Å². The molecule has 4 aromatic heterocycles. The van der Waals surface area contributed by atoms with Crippen molar-refractivity contribution < 1.29 is 8.83 Å². The summed E-state index contributed by atoms with van der Waals surface area (Å²) in [6.07, 6.45) is 6.65. The van der Waals surface area contributed by atoms with Crippen molar-refractivity contribution in [2.75, 3.05) is 0 Å². The number of aromatic amines is 2. The Morgan fingerprint density at radius 3 is 1.79 bits per heavy atom. The van der Waals surface area contributed by atoms with Gasteiger partial charge in [0.2, 0.25) is 0 Å². The highest BCUT2D eigenvalue weighted by Gasteiger charge is 2.09. The van der Waals surface area contributed by atoms with E-state index in [0.29, 0.717) is 11.5 Å². The van der Waals surface area contributed by atoms with E-state index in [4.69, 9.17) is 18.8 Å². The summed E-state index contributed by atoms with van der Waals surface area (Å²) in [7, 11) is 0. The molecule has 0 bridgehead atoms. The maximum absolute atomic E-state index is 5.31. The molecular formula is C30H20N6O2. The number of fused-ring (bicyclic) bond motifs is 2. The molecule has 7 aromatic rings. The summed E-state index contributed by atoms with van der Waals surface area (Å²) in [5.41, 5.74) is 7.18. The predicted molar refractivity (Wildman–Crippen MR) is 149 cm³/mol. The standard InChI is InChI=1S/C30H20N6O2/c1-3-23(37-13-1)17-31-21-9-11-25-27(15-21)35-29(33-25)19-5-7-20(8-6-19)30-34-26-12-10-22(16-28(26)36-30)32-18-24-4-2-14-38-24/h1-18H,(H,33,35)(H,34,36). The molecule has 8 heteroatoms. The van der Waals surface area contributed by atoms with Crippen molar-refractivity contribution in [2.24, 2.45) is 9.98 Å².